The fourth-order valence-corrected chi connectivity index (χ4v) is 2.55. The van der Waals surface area contributed by atoms with Crippen LogP contribution < -0.4 is 10.6 Å². The molecule has 0 fully saturated rings. The number of nitrogens with zero attached hydrogens (tertiary/aromatic N) is 4. The first kappa shape index (κ1) is 19.5. The minimum Gasteiger partial charge on any atom is -0.444 e. The predicted molar refractivity (Wildman–Crippen MR) is 103 cm³/mol. The summed E-state index contributed by atoms with van der Waals surface area (Å²) in [6.45, 7) is 6.26. The van der Waals surface area contributed by atoms with Gasteiger partial charge in [-0.2, -0.15) is 14.4 Å². The van der Waals surface area contributed by atoms with Crippen molar-refractivity contribution in [2.75, 3.05) is 5.32 Å². The second-order valence-electron chi connectivity index (χ2n) is 7.39. The van der Waals surface area contributed by atoms with Crippen LogP contribution in [0.5, 0.6) is 0 Å². The normalized spacial score (nSPS) is 11.5. The molecule has 2 heterocycles. The van der Waals surface area contributed by atoms with Crippen LogP contribution in [0.25, 0.3) is 11.2 Å². The van der Waals surface area contributed by atoms with Gasteiger partial charge in [-0.3, -0.25) is 0 Å². The van der Waals surface area contributed by atoms with Crippen LogP contribution in [0.3, 0.4) is 0 Å². The van der Waals surface area contributed by atoms with Gasteiger partial charge in [-0.1, -0.05) is 24.3 Å². The molecule has 0 bridgehead atoms. The molecule has 1 amide bonds. The van der Waals surface area contributed by atoms with E-state index in [4.69, 9.17) is 4.74 Å². The van der Waals surface area contributed by atoms with Crippen molar-refractivity contribution in [3.8, 4) is 0 Å². The van der Waals surface area contributed by atoms with Crippen molar-refractivity contribution in [3.05, 3.63) is 47.8 Å². The third-order valence-corrected chi connectivity index (χ3v) is 3.85. The van der Waals surface area contributed by atoms with Crippen molar-refractivity contribution in [2.24, 2.45) is 7.05 Å². The number of imidazole rings is 1. The van der Waals surface area contributed by atoms with Crippen molar-refractivity contribution >= 4 is 23.1 Å². The lowest BCUT2D eigenvalue weighted by Crippen LogP contribution is -2.32. The van der Waals surface area contributed by atoms with Gasteiger partial charge in [0.25, 0.3) is 0 Å². The zero-order valence-corrected chi connectivity index (χ0v) is 16.3. The number of fused-ring (bicyclic) bond motifs is 1. The van der Waals surface area contributed by atoms with Crippen LogP contribution in [-0.4, -0.2) is 31.2 Å². The zero-order chi connectivity index (χ0) is 20.3. The topological polar surface area (TPSA) is 94.0 Å². The molecule has 0 saturated carbocycles. The number of halogens is 1. The zero-order valence-electron chi connectivity index (χ0n) is 16.3. The van der Waals surface area contributed by atoms with Gasteiger partial charge in [0, 0.05) is 20.1 Å². The van der Waals surface area contributed by atoms with Gasteiger partial charge in [-0.15, -0.1) is 0 Å². The van der Waals surface area contributed by atoms with Crippen molar-refractivity contribution in [1.82, 2.24) is 24.8 Å². The first-order valence-corrected chi connectivity index (χ1v) is 8.84. The number of hydrogen-bond acceptors (Lipinski definition) is 6. The van der Waals surface area contributed by atoms with E-state index in [1.54, 1.807) is 17.9 Å². The van der Waals surface area contributed by atoms with Gasteiger partial charge in [-0.25, -0.2) is 9.78 Å². The average molecular weight is 386 g/mol. The Bertz CT molecular complexity index is 978. The van der Waals surface area contributed by atoms with Crippen LogP contribution in [0.4, 0.5) is 15.0 Å². The molecule has 0 aliphatic rings. The number of carbonyl (C=O) groups is 1. The standard InChI is InChI=1S/C19H23FN6O2/c1-19(2,3)28-18(27)22-10-13-7-5-12(6-8-13)9-21-15-14-16(25-17(20)24-15)26(4)11-23-14/h5-8,11H,9-10H2,1-4H3,(H,22,27)(H,21,24,25). The molecule has 0 atom stereocenters. The monoisotopic (exact) mass is 386 g/mol. The molecule has 3 aromatic rings. The number of anilines is 1. The highest BCUT2D eigenvalue weighted by Gasteiger charge is 2.15. The minimum atomic E-state index is -0.804. The van der Waals surface area contributed by atoms with E-state index in [1.807, 2.05) is 45.0 Å². The fourth-order valence-electron chi connectivity index (χ4n) is 2.55. The van der Waals surface area contributed by atoms with Crippen molar-refractivity contribution < 1.29 is 13.9 Å². The number of aryl methyl sites for hydroxylation is 1. The maximum Gasteiger partial charge on any atom is 0.407 e. The smallest absolute Gasteiger partial charge is 0.407 e. The molecule has 28 heavy (non-hydrogen) atoms. The lowest BCUT2D eigenvalue weighted by atomic mass is 10.1. The summed E-state index contributed by atoms with van der Waals surface area (Å²) in [5, 5.41) is 5.81. The number of rotatable bonds is 5. The summed E-state index contributed by atoms with van der Waals surface area (Å²) in [5.41, 5.74) is 2.33. The van der Waals surface area contributed by atoms with Gasteiger partial charge in [0.15, 0.2) is 17.0 Å². The van der Waals surface area contributed by atoms with E-state index in [2.05, 4.69) is 25.6 Å². The molecule has 0 radical (unpaired) electrons. The quantitative estimate of drug-likeness (QED) is 0.655. The molecule has 1 aromatic carbocycles. The molecule has 0 aliphatic heterocycles. The van der Waals surface area contributed by atoms with E-state index < -0.39 is 17.8 Å². The van der Waals surface area contributed by atoms with E-state index in [0.29, 0.717) is 30.1 Å². The highest BCUT2D eigenvalue weighted by molar-refractivity contribution is 5.82. The van der Waals surface area contributed by atoms with Crippen LogP contribution in [0.15, 0.2) is 30.6 Å². The Morgan fingerprint density at radius 3 is 2.43 bits per heavy atom. The molecule has 0 spiro atoms. The van der Waals surface area contributed by atoms with Crippen molar-refractivity contribution in [3.63, 3.8) is 0 Å². The fraction of sp³-hybridized carbons (Fsp3) is 0.368. The van der Waals surface area contributed by atoms with Crippen LogP contribution in [0.1, 0.15) is 31.9 Å². The maximum atomic E-state index is 13.6. The molecule has 3 rings (SSSR count). The molecule has 0 saturated heterocycles. The Hall–Kier alpha value is -3.23. The molecule has 9 heteroatoms. The molecular formula is C19H23FN6O2. The van der Waals surface area contributed by atoms with Crippen LogP contribution in [0, 0.1) is 6.08 Å². The SMILES string of the molecule is Cn1cnc2c(NCc3ccc(CNC(=O)OC(C)(C)C)cc3)nc(F)nc21. The molecule has 0 aliphatic carbocycles. The summed E-state index contributed by atoms with van der Waals surface area (Å²) < 4.78 is 20.5. The lowest BCUT2D eigenvalue weighted by Gasteiger charge is -2.19. The summed E-state index contributed by atoms with van der Waals surface area (Å²) in [6.07, 6.45) is 0.307. The van der Waals surface area contributed by atoms with Crippen molar-refractivity contribution in [1.29, 1.82) is 0 Å². The molecular weight excluding hydrogens is 363 g/mol. The number of nitrogens with one attached hydrogen (secondary N) is 2. The van der Waals surface area contributed by atoms with Gasteiger partial charge in [0.1, 0.15) is 5.60 Å². The van der Waals surface area contributed by atoms with Gasteiger partial charge in [-0.05, 0) is 31.9 Å². The van der Waals surface area contributed by atoms with E-state index in [-0.39, 0.29) is 0 Å². The lowest BCUT2D eigenvalue weighted by molar-refractivity contribution is 0.0523. The summed E-state index contributed by atoms with van der Waals surface area (Å²) in [7, 11) is 1.75. The Morgan fingerprint density at radius 1 is 1.14 bits per heavy atom. The number of alkyl carbamates (subject to hydrolysis) is 1. The van der Waals surface area contributed by atoms with Gasteiger partial charge < -0.3 is 19.9 Å². The predicted octanol–water partition coefficient (Wildman–Crippen LogP) is 3.14. The van der Waals surface area contributed by atoms with Crippen LogP contribution in [-0.2, 0) is 24.9 Å². The summed E-state index contributed by atoms with van der Waals surface area (Å²) in [6, 6.07) is 7.66. The van der Waals surface area contributed by atoms with E-state index >= 15 is 0 Å². The van der Waals surface area contributed by atoms with Gasteiger partial charge in [0.05, 0.1) is 6.33 Å². The maximum absolute atomic E-state index is 13.6. The third-order valence-electron chi connectivity index (χ3n) is 3.85. The molecule has 8 nitrogen and oxygen atoms in total. The second kappa shape index (κ2) is 7.79. The summed E-state index contributed by atoms with van der Waals surface area (Å²) in [4.78, 5) is 23.5. The van der Waals surface area contributed by atoms with E-state index in [0.717, 1.165) is 11.1 Å². The van der Waals surface area contributed by atoms with Crippen LogP contribution >= 0.6 is 0 Å². The molecule has 0 unspecified atom stereocenters. The Kier molecular flexibility index (Phi) is 5.43. The number of carbonyl (C=O) groups excluding carboxylic acids is 1. The number of aromatic nitrogens is 4. The molecule has 148 valence electrons. The Morgan fingerprint density at radius 2 is 1.79 bits per heavy atom. The van der Waals surface area contributed by atoms with Gasteiger partial charge >= 0.3 is 12.2 Å². The molecule has 2 N–H and O–H groups in total. The van der Waals surface area contributed by atoms with Crippen molar-refractivity contribution in [2.45, 2.75) is 39.5 Å². The molecule has 2 aromatic heterocycles. The Balaban J connectivity index is 1.59. The number of benzene rings is 1. The first-order valence-electron chi connectivity index (χ1n) is 8.84. The van der Waals surface area contributed by atoms with Crippen LogP contribution in [0.2, 0.25) is 0 Å². The largest absolute Gasteiger partial charge is 0.444 e. The number of amides is 1. The first-order chi connectivity index (χ1) is 13.2. The highest BCUT2D eigenvalue weighted by Crippen LogP contribution is 2.18. The Labute approximate surface area is 162 Å². The number of ether oxygens (including phenoxy) is 1. The summed E-state index contributed by atoms with van der Waals surface area (Å²) >= 11 is 0. The third kappa shape index (κ3) is 4.93. The van der Waals surface area contributed by atoms with Gasteiger partial charge in [0.2, 0.25) is 0 Å². The minimum absolute atomic E-state index is 0.346. The van der Waals surface area contributed by atoms with E-state index in [9.17, 15) is 9.18 Å². The van der Waals surface area contributed by atoms with E-state index in [1.165, 1.54) is 0 Å². The second-order valence-corrected chi connectivity index (χ2v) is 7.39. The highest BCUT2D eigenvalue weighted by atomic mass is 19.1. The average Bonchev–Trinajstić information content (AvgIpc) is 2.98. The summed E-state index contributed by atoms with van der Waals surface area (Å²) in [5.74, 6) is 0.346. The number of hydrogen-bond donors (Lipinski definition) is 2.